The summed E-state index contributed by atoms with van der Waals surface area (Å²) in [5, 5.41) is 11.8. The van der Waals surface area contributed by atoms with Gasteiger partial charge in [0.2, 0.25) is 5.91 Å². The molecular formula is C26H25FN4O3S. The van der Waals surface area contributed by atoms with E-state index in [1.165, 1.54) is 23.9 Å². The average Bonchev–Trinajstić information content (AvgIpc) is 3.31. The van der Waals surface area contributed by atoms with Crippen molar-refractivity contribution in [1.82, 2.24) is 20.1 Å². The number of hydrogen-bond donors (Lipinski definition) is 1. The maximum atomic E-state index is 13.1. The van der Waals surface area contributed by atoms with E-state index in [-0.39, 0.29) is 11.7 Å². The summed E-state index contributed by atoms with van der Waals surface area (Å²) in [5.74, 6) is 1.50. The van der Waals surface area contributed by atoms with Gasteiger partial charge in [0, 0.05) is 6.54 Å². The highest BCUT2D eigenvalue weighted by Crippen LogP contribution is 2.34. The molecule has 0 bridgehead atoms. The number of ether oxygens (including phenoxy) is 2. The van der Waals surface area contributed by atoms with Gasteiger partial charge in [0.15, 0.2) is 11.0 Å². The van der Waals surface area contributed by atoms with Gasteiger partial charge in [-0.25, -0.2) is 4.39 Å². The Morgan fingerprint density at radius 2 is 1.71 bits per heavy atom. The van der Waals surface area contributed by atoms with Gasteiger partial charge in [-0.15, -0.1) is 10.2 Å². The molecule has 0 saturated heterocycles. The number of carbonyl (C=O) groups is 1. The summed E-state index contributed by atoms with van der Waals surface area (Å²) in [6.45, 7) is 2.11. The maximum Gasteiger partial charge on any atom is 0.233 e. The van der Waals surface area contributed by atoms with Crippen molar-refractivity contribution in [3.8, 4) is 28.6 Å². The molecule has 180 valence electrons. The van der Waals surface area contributed by atoms with Crippen LogP contribution in [-0.4, -0.2) is 40.1 Å². The zero-order chi connectivity index (χ0) is 24.8. The molecule has 35 heavy (non-hydrogen) atoms. The van der Waals surface area contributed by atoms with Crippen molar-refractivity contribution < 1.29 is 18.7 Å². The summed E-state index contributed by atoms with van der Waals surface area (Å²) in [5.41, 5.74) is 2.41. The number of nitrogens with one attached hydrogen (secondary N) is 1. The summed E-state index contributed by atoms with van der Waals surface area (Å²) < 4.78 is 25.9. The molecule has 1 N–H and O–H groups in total. The fourth-order valence-corrected chi connectivity index (χ4v) is 4.35. The highest BCUT2D eigenvalue weighted by Gasteiger charge is 2.23. The van der Waals surface area contributed by atoms with Crippen LogP contribution in [0.2, 0.25) is 0 Å². The van der Waals surface area contributed by atoms with Crippen molar-refractivity contribution in [2.45, 2.75) is 23.9 Å². The standard InChI is InChI=1S/C26H25FN4O3S/c1-17(25(32)28-16-18-8-10-19(27)11-9-18)35-26-30-29-24(22-6-4-5-7-23(22)34-3)31(26)20-12-14-21(33-2)15-13-20/h4-15,17H,16H2,1-3H3,(H,28,32). The van der Waals surface area contributed by atoms with E-state index >= 15 is 0 Å². The number of thioether (sulfide) groups is 1. The number of halogens is 1. The first kappa shape index (κ1) is 24.3. The Morgan fingerprint density at radius 1 is 1.00 bits per heavy atom. The van der Waals surface area contributed by atoms with Crippen LogP contribution in [0.5, 0.6) is 11.5 Å². The van der Waals surface area contributed by atoms with E-state index in [1.54, 1.807) is 33.3 Å². The molecule has 1 aromatic heterocycles. The van der Waals surface area contributed by atoms with Gasteiger partial charge in [0.1, 0.15) is 17.3 Å². The van der Waals surface area contributed by atoms with Crippen molar-refractivity contribution in [1.29, 1.82) is 0 Å². The SMILES string of the molecule is COc1ccc(-n2c(SC(C)C(=O)NCc3ccc(F)cc3)nnc2-c2ccccc2OC)cc1. The van der Waals surface area contributed by atoms with Crippen molar-refractivity contribution in [2.75, 3.05) is 14.2 Å². The first-order valence-corrected chi connectivity index (χ1v) is 11.8. The Hall–Kier alpha value is -3.85. The molecule has 0 aliphatic carbocycles. The smallest absolute Gasteiger partial charge is 0.233 e. The van der Waals surface area contributed by atoms with Crippen molar-refractivity contribution in [2.24, 2.45) is 0 Å². The molecule has 7 nitrogen and oxygen atoms in total. The van der Waals surface area contributed by atoms with Gasteiger partial charge in [-0.2, -0.15) is 0 Å². The highest BCUT2D eigenvalue weighted by atomic mass is 32.2. The van der Waals surface area contributed by atoms with Crippen molar-refractivity contribution in [3.63, 3.8) is 0 Å². The minimum atomic E-state index is -0.456. The minimum absolute atomic E-state index is 0.164. The first-order chi connectivity index (χ1) is 17.0. The van der Waals surface area contributed by atoms with Gasteiger partial charge in [-0.3, -0.25) is 9.36 Å². The molecule has 0 fully saturated rings. The van der Waals surface area contributed by atoms with Crippen LogP contribution < -0.4 is 14.8 Å². The minimum Gasteiger partial charge on any atom is -0.497 e. The number of para-hydroxylation sites is 1. The highest BCUT2D eigenvalue weighted by molar-refractivity contribution is 8.00. The van der Waals surface area contributed by atoms with Crippen molar-refractivity contribution in [3.05, 3.63) is 84.2 Å². The van der Waals surface area contributed by atoms with Crippen LogP contribution in [-0.2, 0) is 11.3 Å². The summed E-state index contributed by atoms with van der Waals surface area (Å²) in [7, 11) is 3.22. The number of aromatic nitrogens is 3. The normalized spacial score (nSPS) is 11.7. The molecule has 3 aromatic carbocycles. The number of methoxy groups -OCH3 is 2. The molecule has 1 amide bonds. The molecule has 4 rings (SSSR count). The second kappa shape index (κ2) is 11.1. The third-order valence-electron chi connectivity index (χ3n) is 5.34. The topological polar surface area (TPSA) is 78.3 Å². The molecule has 1 heterocycles. The van der Waals surface area contributed by atoms with Crippen LogP contribution in [0.15, 0.2) is 78.0 Å². The lowest BCUT2D eigenvalue weighted by atomic mass is 10.2. The van der Waals surface area contributed by atoms with Gasteiger partial charge in [0.25, 0.3) is 0 Å². The molecule has 0 aliphatic rings. The summed E-state index contributed by atoms with van der Waals surface area (Å²) in [4.78, 5) is 12.8. The monoisotopic (exact) mass is 492 g/mol. The third kappa shape index (κ3) is 5.63. The van der Waals surface area contributed by atoms with Crippen LogP contribution in [0.3, 0.4) is 0 Å². The zero-order valence-corrected chi connectivity index (χ0v) is 20.4. The quantitative estimate of drug-likeness (QED) is 0.335. The van der Waals surface area contributed by atoms with E-state index in [0.717, 1.165) is 22.6 Å². The van der Waals surface area contributed by atoms with E-state index in [9.17, 15) is 9.18 Å². The molecule has 0 aliphatic heterocycles. The number of carbonyl (C=O) groups excluding carboxylic acids is 1. The molecule has 4 aromatic rings. The van der Waals surface area contributed by atoms with E-state index in [4.69, 9.17) is 9.47 Å². The predicted octanol–water partition coefficient (Wildman–Crippen LogP) is 4.89. The Labute approximate surface area is 207 Å². The van der Waals surface area contributed by atoms with E-state index in [2.05, 4.69) is 15.5 Å². The second-order valence-corrected chi connectivity index (χ2v) is 8.95. The van der Waals surface area contributed by atoms with E-state index in [0.29, 0.717) is 23.3 Å². The number of benzene rings is 3. The number of rotatable bonds is 9. The van der Waals surface area contributed by atoms with Crippen LogP contribution in [0.25, 0.3) is 17.1 Å². The van der Waals surface area contributed by atoms with E-state index < -0.39 is 5.25 Å². The molecule has 0 spiro atoms. The van der Waals surface area contributed by atoms with Crippen LogP contribution in [0, 0.1) is 5.82 Å². The Kier molecular flexibility index (Phi) is 7.67. The third-order valence-corrected chi connectivity index (χ3v) is 6.39. The molecule has 1 unspecified atom stereocenters. The second-order valence-electron chi connectivity index (χ2n) is 7.64. The number of hydrogen-bond acceptors (Lipinski definition) is 6. The fourth-order valence-electron chi connectivity index (χ4n) is 3.46. The molecular weight excluding hydrogens is 467 g/mol. The number of nitrogens with zero attached hydrogens (tertiary/aromatic N) is 3. The maximum absolute atomic E-state index is 13.1. The van der Waals surface area contributed by atoms with Crippen LogP contribution >= 0.6 is 11.8 Å². The Balaban J connectivity index is 1.61. The Bertz CT molecular complexity index is 1290. The van der Waals surface area contributed by atoms with Gasteiger partial charge in [0.05, 0.1) is 30.7 Å². The molecule has 9 heteroatoms. The van der Waals surface area contributed by atoms with Crippen LogP contribution in [0.4, 0.5) is 4.39 Å². The predicted molar refractivity (Wildman–Crippen MR) is 133 cm³/mol. The van der Waals surface area contributed by atoms with E-state index in [1.807, 2.05) is 53.1 Å². The van der Waals surface area contributed by atoms with Crippen molar-refractivity contribution >= 4 is 17.7 Å². The average molecular weight is 493 g/mol. The van der Waals surface area contributed by atoms with Gasteiger partial charge >= 0.3 is 0 Å². The van der Waals surface area contributed by atoms with Gasteiger partial charge < -0.3 is 14.8 Å². The van der Waals surface area contributed by atoms with Crippen LogP contribution in [0.1, 0.15) is 12.5 Å². The lowest BCUT2D eigenvalue weighted by molar-refractivity contribution is -0.120. The molecule has 0 radical (unpaired) electrons. The molecule has 0 saturated carbocycles. The zero-order valence-electron chi connectivity index (χ0n) is 19.6. The lowest BCUT2D eigenvalue weighted by Gasteiger charge is -2.15. The molecule has 1 atom stereocenters. The summed E-state index contributed by atoms with van der Waals surface area (Å²) in [6, 6.07) is 21.1. The largest absolute Gasteiger partial charge is 0.497 e. The first-order valence-electron chi connectivity index (χ1n) is 10.9. The lowest BCUT2D eigenvalue weighted by Crippen LogP contribution is -2.30. The Morgan fingerprint density at radius 3 is 2.40 bits per heavy atom. The fraction of sp³-hybridized carbons (Fsp3) is 0.192. The number of amides is 1. The summed E-state index contributed by atoms with van der Waals surface area (Å²) >= 11 is 1.29. The summed E-state index contributed by atoms with van der Waals surface area (Å²) in [6.07, 6.45) is 0. The van der Waals surface area contributed by atoms with Gasteiger partial charge in [-0.05, 0) is 61.0 Å². The van der Waals surface area contributed by atoms with Gasteiger partial charge in [-0.1, -0.05) is 36.0 Å².